The van der Waals surface area contributed by atoms with E-state index in [1.807, 2.05) is 0 Å². The molecule has 0 aliphatic carbocycles. The zero-order valence-corrected chi connectivity index (χ0v) is 9.19. The van der Waals surface area contributed by atoms with Gasteiger partial charge in [-0.25, -0.2) is 0 Å². The highest BCUT2D eigenvalue weighted by Crippen LogP contribution is 2.21. The van der Waals surface area contributed by atoms with Crippen LogP contribution in [0.5, 0.6) is 0 Å². The molecule has 0 aliphatic heterocycles. The predicted molar refractivity (Wildman–Crippen MR) is 59.1 cm³/mol. The lowest BCUT2D eigenvalue weighted by Gasteiger charge is -2.05. The maximum atomic E-state index is 12.2. The Labute approximate surface area is 101 Å². The van der Waals surface area contributed by atoms with E-state index in [2.05, 4.69) is 5.10 Å². The molecule has 0 saturated carbocycles. The third-order valence-electron chi connectivity index (χ3n) is 2.35. The van der Waals surface area contributed by atoms with E-state index in [1.54, 1.807) is 24.3 Å². The lowest BCUT2D eigenvalue weighted by Crippen LogP contribution is -2.17. The van der Waals surface area contributed by atoms with Gasteiger partial charge in [-0.05, 0) is 5.56 Å². The highest BCUT2D eigenvalue weighted by molar-refractivity contribution is 5.76. The topological polar surface area (TPSA) is 34.9 Å². The number of benzene rings is 1. The summed E-state index contributed by atoms with van der Waals surface area (Å²) in [7, 11) is 0. The van der Waals surface area contributed by atoms with Crippen molar-refractivity contribution < 1.29 is 18.0 Å². The van der Waals surface area contributed by atoms with Crippen molar-refractivity contribution in [2.24, 2.45) is 0 Å². The van der Waals surface area contributed by atoms with Gasteiger partial charge in [-0.2, -0.15) is 18.3 Å². The number of rotatable bonds is 3. The largest absolute Gasteiger partial charge is 0.408 e. The van der Waals surface area contributed by atoms with E-state index < -0.39 is 12.7 Å². The summed E-state index contributed by atoms with van der Waals surface area (Å²) in [6.45, 7) is -1.11. The molecule has 0 radical (unpaired) electrons. The second-order valence-corrected chi connectivity index (χ2v) is 3.78. The van der Waals surface area contributed by atoms with Crippen molar-refractivity contribution in [2.45, 2.75) is 12.7 Å². The van der Waals surface area contributed by atoms with Crippen LogP contribution in [0.2, 0.25) is 0 Å². The molecule has 0 N–H and O–H groups in total. The van der Waals surface area contributed by atoms with E-state index in [9.17, 15) is 18.0 Å². The highest BCUT2D eigenvalue weighted by atomic mass is 19.4. The molecule has 0 spiro atoms. The lowest BCUT2D eigenvalue weighted by molar-refractivity contribution is -0.142. The van der Waals surface area contributed by atoms with Crippen molar-refractivity contribution in [1.82, 2.24) is 9.78 Å². The van der Waals surface area contributed by atoms with Gasteiger partial charge in [0.25, 0.3) is 0 Å². The fourth-order valence-electron chi connectivity index (χ4n) is 1.54. The van der Waals surface area contributed by atoms with Crippen molar-refractivity contribution in [3.05, 3.63) is 42.2 Å². The Hall–Kier alpha value is -2.11. The summed E-state index contributed by atoms with van der Waals surface area (Å²) in [5, 5.41) is 3.65. The smallest absolute Gasteiger partial charge is 0.298 e. The fraction of sp³-hybridized carbons (Fsp3) is 0.167. The first-order valence-electron chi connectivity index (χ1n) is 5.13. The van der Waals surface area contributed by atoms with E-state index >= 15 is 0 Å². The van der Waals surface area contributed by atoms with Gasteiger partial charge in [-0.1, -0.05) is 24.3 Å². The minimum atomic E-state index is -4.29. The molecule has 1 aromatic carbocycles. The number of alkyl halides is 3. The van der Waals surface area contributed by atoms with E-state index in [4.69, 9.17) is 0 Å². The minimum absolute atomic E-state index is 0.515. The van der Waals surface area contributed by atoms with Crippen LogP contribution >= 0.6 is 0 Å². The summed E-state index contributed by atoms with van der Waals surface area (Å²) in [4.78, 5) is 10.5. The predicted octanol–water partition coefficient (Wildman–Crippen LogP) is 2.92. The third kappa shape index (κ3) is 2.97. The molecule has 0 unspecified atom stereocenters. The van der Waals surface area contributed by atoms with Crippen LogP contribution in [0.25, 0.3) is 11.1 Å². The molecule has 0 amide bonds. The van der Waals surface area contributed by atoms with E-state index in [0.29, 0.717) is 23.0 Å². The molecule has 0 bridgehead atoms. The number of carbonyl (C=O) groups is 1. The monoisotopic (exact) mass is 254 g/mol. The number of aromatic nitrogens is 2. The average Bonchev–Trinajstić information content (AvgIpc) is 2.75. The number of nitrogens with zero attached hydrogens (tertiary/aromatic N) is 2. The number of hydrogen-bond donors (Lipinski definition) is 0. The van der Waals surface area contributed by atoms with Crippen LogP contribution in [0.4, 0.5) is 13.2 Å². The maximum Gasteiger partial charge on any atom is 0.408 e. The van der Waals surface area contributed by atoms with E-state index in [1.165, 1.54) is 12.4 Å². The highest BCUT2D eigenvalue weighted by Gasteiger charge is 2.28. The number of hydrogen-bond acceptors (Lipinski definition) is 2. The molecule has 18 heavy (non-hydrogen) atoms. The van der Waals surface area contributed by atoms with Crippen LogP contribution < -0.4 is 0 Å². The molecule has 2 rings (SSSR count). The van der Waals surface area contributed by atoms with Gasteiger partial charge in [-0.15, -0.1) is 0 Å². The quantitative estimate of drug-likeness (QED) is 0.789. The molecule has 0 fully saturated rings. The fourth-order valence-corrected chi connectivity index (χ4v) is 1.54. The van der Waals surface area contributed by atoms with Gasteiger partial charge in [0.15, 0.2) is 0 Å². The van der Waals surface area contributed by atoms with Crippen LogP contribution in [0.15, 0.2) is 36.7 Å². The Bertz CT molecular complexity index is 543. The maximum absolute atomic E-state index is 12.2. The Morgan fingerprint density at radius 1 is 1.17 bits per heavy atom. The van der Waals surface area contributed by atoms with Gasteiger partial charge in [0.2, 0.25) is 0 Å². The van der Waals surface area contributed by atoms with Crippen LogP contribution in [0, 0.1) is 0 Å². The normalized spacial score (nSPS) is 11.5. The summed E-state index contributed by atoms with van der Waals surface area (Å²) in [6, 6.07) is 6.53. The minimum Gasteiger partial charge on any atom is -0.298 e. The van der Waals surface area contributed by atoms with Crippen molar-refractivity contribution in [1.29, 1.82) is 0 Å². The summed E-state index contributed by atoms with van der Waals surface area (Å²) in [5.41, 5.74) is 1.81. The van der Waals surface area contributed by atoms with Crippen LogP contribution in [0.1, 0.15) is 10.4 Å². The second-order valence-electron chi connectivity index (χ2n) is 3.78. The third-order valence-corrected chi connectivity index (χ3v) is 2.35. The van der Waals surface area contributed by atoms with E-state index in [0.717, 1.165) is 4.68 Å². The molecule has 94 valence electrons. The second kappa shape index (κ2) is 4.64. The summed E-state index contributed by atoms with van der Waals surface area (Å²) in [5.74, 6) is 0. The van der Waals surface area contributed by atoms with E-state index in [-0.39, 0.29) is 0 Å². The molecule has 6 heteroatoms. The summed E-state index contributed by atoms with van der Waals surface area (Å²) in [6.07, 6.45) is -0.896. The van der Waals surface area contributed by atoms with Crippen LogP contribution in [-0.4, -0.2) is 22.2 Å². The Morgan fingerprint density at radius 2 is 1.83 bits per heavy atom. The first kappa shape index (κ1) is 12.3. The Kier molecular flexibility index (Phi) is 3.18. The van der Waals surface area contributed by atoms with Crippen LogP contribution in [0.3, 0.4) is 0 Å². The van der Waals surface area contributed by atoms with Gasteiger partial charge in [0, 0.05) is 17.3 Å². The first-order valence-corrected chi connectivity index (χ1v) is 5.13. The van der Waals surface area contributed by atoms with Gasteiger partial charge in [-0.3, -0.25) is 9.48 Å². The van der Waals surface area contributed by atoms with Crippen molar-refractivity contribution >= 4 is 6.29 Å². The Morgan fingerprint density at radius 3 is 2.39 bits per heavy atom. The van der Waals surface area contributed by atoms with Gasteiger partial charge >= 0.3 is 6.18 Å². The molecule has 0 atom stereocenters. The molecule has 0 aliphatic rings. The van der Waals surface area contributed by atoms with Crippen molar-refractivity contribution in [2.75, 3.05) is 0 Å². The molecule has 1 aromatic heterocycles. The molecular weight excluding hydrogens is 245 g/mol. The van der Waals surface area contributed by atoms with Crippen molar-refractivity contribution in [3.63, 3.8) is 0 Å². The van der Waals surface area contributed by atoms with Gasteiger partial charge < -0.3 is 0 Å². The molecular formula is C12H9F3N2O. The molecule has 2 aromatic rings. The SMILES string of the molecule is O=Cc1ccc(-c2cnn(CC(F)(F)F)c2)cc1. The first-order chi connectivity index (χ1) is 8.48. The van der Waals surface area contributed by atoms with Gasteiger partial charge in [0.1, 0.15) is 12.8 Å². The average molecular weight is 254 g/mol. The summed E-state index contributed by atoms with van der Waals surface area (Å²) < 4.78 is 37.3. The molecule has 0 saturated heterocycles. The molecule has 3 nitrogen and oxygen atoms in total. The number of halogens is 3. The van der Waals surface area contributed by atoms with Gasteiger partial charge in [0.05, 0.1) is 6.20 Å². The standard InChI is InChI=1S/C12H9F3N2O/c13-12(14,15)8-17-6-11(5-16-17)10-3-1-9(7-18)2-4-10/h1-7H,8H2. The summed E-state index contributed by atoms with van der Waals surface area (Å²) >= 11 is 0. The zero-order chi connectivity index (χ0) is 13.2. The van der Waals surface area contributed by atoms with Crippen molar-refractivity contribution in [3.8, 4) is 11.1 Å². The number of carbonyl (C=O) groups excluding carboxylic acids is 1. The number of aldehydes is 1. The molecule has 1 heterocycles. The Balaban J connectivity index is 2.21. The van der Waals surface area contributed by atoms with Crippen LogP contribution in [-0.2, 0) is 6.54 Å². The lowest BCUT2D eigenvalue weighted by atomic mass is 10.1. The zero-order valence-electron chi connectivity index (χ0n) is 9.19.